The van der Waals surface area contributed by atoms with Crippen LogP contribution < -0.4 is 21.0 Å². The van der Waals surface area contributed by atoms with E-state index in [1.807, 2.05) is 78.9 Å². The van der Waals surface area contributed by atoms with Crippen molar-refractivity contribution in [2.24, 2.45) is 4.99 Å². The maximum Gasteiger partial charge on any atom is 0.198 e. The fraction of sp³-hybridized carbons (Fsp3) is 0. The van der Waals surface area contributed by atoms with Gasteiger partial charge in [0.05, 0.1) is 0 Å². The summed E-state index contributed by atoms with van der Waals surface area (Å²) in [5, 5.41) is 16.8. The summed E-state index contributed by atoms with van der Waals surface area (Å²) in [7, 11) is -2.64. The van der Waals surface area contributed by atoms with Gasteiger partial charge in [0.1, 0.15) is 21.7 Å². The van der Waals surface area contributed by atoms with Crippen LogP contribution in [0.5, 0.6) is 0 Å². The highest BCUT2D eigenvalue weighted by molar-refractivity contribution is 7.99. The van der Waals surface area contributed by atoms with Gasteiger partial charge in [0.15, 0.2) is 12.7 Å². The average molecular weight is 502 g/mol. The van der Waals surface area contributed by atoms with Crippen LogP contribution in [0.25, 0.3) is 6.08 Å². The van der Waals surface area contributed by atoms with Gasteiger partial charge in [0.25, 0.3) is 0 Å². The van der Waals surface area contributed by atoms with E-state index in [0.717, 1.165) is 21.5 Å². The highest BCUT2D eigenvalue weighted by atomic mass is 31.2. The highest BCUT2D eigenvalue weighted by Crippen LogP contribution is 2.63. The van der Waals surface area contributed by atoms with Crippen molar-refractivity contribution in [3.05, 3.63) is 168 Å². The van der Waals surface area contributed by atoms with E-state index in [-0.39, 0.29) is 11.7 Å². The van der Waals surface area contributed by atoms with Gasteiger partial charge in [-0.3, -0.25) is 0 Å². The van der Waals surface area contributed by atoms with Gasteiger partial charge in [-0.05, 0) is 65.6 Å². The molecule has 0 spiro atoms. The largest absolute Gasteiger partial charge is 0.858 e. The van der Waals surface area contributed by atoms with Crippen LogP contribution in [-0.4, -0.2) is 5.90 Å². The molecule has 180 valence electrons. The number of hydrogen-bond acceptors (Lipinski definition) is 2. The molecule has 0 aromatic heterocycles. The van der Waals surface area contributed by atoms with E-state index in [9.17, 15) is 9.50 Å². The maximum absolute atomic E-state index is 13.8. The number of halogens is 1. The van der Waals surface area contributed by atoms with Crippen molar-refractivity contribution in [1.82, 2.24) is 0 Å². The third-order valence-corrected chi connectivity index (χ3v) is 10.3. The molecule has 0 atom stereocenters. The summed E-state index contributed by atoms with van der Waals surface area (Å²) in [6.45, 7) is 0. The summed E-state index contributed by atoms with van der Waals surface area (Å²) in [5.74, 6) is -0.632. The van der Waals surface area contributed by atoms with Crippen molar-refractivity contribution in [3.8, 4) is 0 Å². The van der Waals surface area contributed by atoms with Gasteiger partial charge >= 0.3 is 0 Å². The molecule has 0 aliphatic heterocycles. The Kier molecular flexibility index (Phi) is 7.35. The number of nitrogens with zero attached hydrogens (tertiary/aromatic N) is 1. The van der Waals surface area contributed by atoms with Gasteiger partial charge in [-0.25, -0.2) is 9.38 Å². The van der Waals surface area contributed by atoms with Gasteiger partial charge in [-0.2, -0.15) is 0 Å². The summed E-state index contributed by atoms with van der Waals surface area (Å²) >= 11 is 0. The first-order valence-electron chi connectivity index (χ1n) is 12.0. The van der Waals surface area contributed by atoms with Crippen molar-refractivity contribution >= 4 is 35.1 Å². The molecule has 5 aromatic carbocycles. The summed E-state index contributed by atoms with van der Waals surface area (Å²) < 4.78 is 13.8. The summed E-state index contributed by atoms with van der Waals surface area (Å²) in [6, 6.07) is 46.1. The zero-order valence-electron chi connectivity index (χ0n) is 20.1. The van der Waals surface area contributed by atoms with Gasteiger partial charge in [-0.15, -0.1) is 0 Å². The van der Waals surface area contributed by atoms with Gasteiger partial charge in [0, 0.05) is 6.08 Å². The van der Waals surface area contributed by atoms with Gasteiger partial charge in [-0.1, -0.05) is 97.1 Å². The van der Waals surface area contributed by atoms with Crippen LogP contribution in [0, 0.1) is 5.82 Å². The number of benzene rings is 5. The Morgan fingerprint density at radius 2 is 0.973 bits per heavy atom. The molecule has 4 heteroatoms. The van der Waals surface area contributed by atoms with Crippen molar-refractivity contribution in [2.45, 2.75) is 0 Å². The third kappa shape index (κ3) is 5.14. The lowest BCUT2D eigenvalue weighted by Crippen LogP contribution is -2.33. The second kappa shape index (κ2) is 11.2. The van der Waals surface area contributed by atoms with E-state index in [4.69, 9.17) is 4.99 Å². The second-order valence-corrected chi connectivity index (χ2v) is 11.9. The second-order valence-electron chi connectivity index (χ2n) is 8.51. The van der Waals surface area contributed by atoms with Gasteiger partial charge < -0.3 is 5.11 Å². The Labute approximate surface area is 217 Å². The Morgan fingerprint density at radius 1 is 0.568 bits per heavy atom. The zero-order valence-corrected chi connectivity index (χ0v) is 21.0. The molecule has 0 aliphatic rings. The number of rotatable bonds is 7. The maximum atomic E-state index is 13.8. The van der Waals surface area contributed by atoms with E-state index in [0.29, 0.717) is 11.0 Å². The Morgan fingerprint density at radius 3 is 1.41 bits per heavy atom. The van der Waals surface area contributed by atoms with E-state index in [1.54, 1.807) is 24.3 Å². The lowest BCUT2D eigenvalue weighted by molar-refractivity contribution is -0.212. The molecular weight excluding hydrogens is 476 g/mol. The summed E-state index contributed by atoms with van der Waals surface area (Å²) in [4.78, 5) is 4.84. The zero-order chi connectivity index (χ0) is 25.5. The SMILES string of the molecule is [O-]C(=NC(=Cc1ccc(F)cc1)[P+](c1ccccc1)(c1ccccc1)c1ccccc1)c1ccccc1. The lowest BCUT2D eigenvalue weighted by atomic mass is 10.2. The molecule has 37 heavy (non-hydrogen) atoms. The molecule has 5 rings (SSSR count). The molecule has 0 bridgehead atoms. The first-order valence-corrected chi connectivity index (χ1v) is 13.8. The number of hydrogen-bond donors (Lipinski definition) is 0. The predicted octanol–water partition coefficient (Wildman–Crippen LogP) is 5.93. The van der Waals surface area contributed by atoms with Crippen molar-refractivity contribution in [3.63, 3.8) is 0 Å². The lowest BCUT2D eigenvalue weighted by Gasteiger charge is -2.28. The van der Waals surface area contributed by atoms with Crippen LogP contribution in [0.2, 0.25) is 0 Å². The average Bonchev–Trinajstić information content (AvgIpc) is 2.97. The minimum absolute atomic E-state index is 0.314. The smallest absolute Gasteiger partial charge is 0.198 e. The molecule has 2 nitrogen and oxygen atoms in total. The quantitative estimate of drug-likeness (QED) is 0.155. The van der Waals surface area contributed by atoms with Crippen molar-refractivity contribution < 1.29 is 9.50 Å². The van der Waals surface area contributed by atoms with Crippen LogP contribution in [-0.2, 0) is 0 Å². The molecule has 0 aliphatic carbocycles. The Hall–Kier alpha value is -4.33. The van der Waals surface area contributed by atoms with Crippen molar-refractivity contribution in [1.29, 1.82) is 0 Å². The van der Waals surface area contributed by atoms with E-state index in [1.165, 1.54) is 12.1 Å². The molecule has 0 saturated heterocycles. The standard InChI is InChI=1S/C33H25FNOP/c34-28-23-21-26(22-24-28)25-32(35-33(36)27-13-5-1-6-14-27)37(29-15-7-2-8-16-29,30-17-9-3-10-18-30)31-19-11-4-12-20-31/h1-25H. The molecule has 0 N–H and O–H groups in total. The molecule has 5 aromatic rings. The topological polar surface area (TPSA) is 35.4 Å². The van der Waals surface area contributed by atoms with Crippen LogP contribution in [0.3, 0.4) is 0 Å². The fourth-order valence-electron chi connectivity index (χ4n) is 4.46. The predicted molar refractivity (Wildman–Crippen MR) is 153 cm³/mol. The molecule has 0 saturated carbocycles. The molecule has 0 fully saturated rings. The van der Waals surface area contributed by atoms with E-state index < -0.39 is 7.26 Å². The Balaban J connectivity index is 1.89. The van der Waals surface area contributed by atoms with Crippen LogP contribution >= 0.6 is 7.26 Å². The first kappa shape index (κ1) is 24.4. The normalized spacial score (nSPS) is 12.4. The fourth-order valence-corrected chi connectivity index (χ4v) is 8.59. The Bertz CT molecular complexity index is 1400. The monoisotopic (exact) mass is 501 g/mol. The third-order valence-electron chi connectivity index (χ3n) is 6.18. The first-order chi connectivity index (χ1) is 18.2. The van der Waals surface area contributed by atoms with Crippen LogP contribution in [0.4, 0.5) is 4.39 Å². The molecule has 0 unspecified atom stereocenters. The van der Waals surface area contributed by atoms with Gasteiger partial charge in [0.2, 0.25) is 0 Å². The number of aliphatic imine (C=N–C) groups is 1. The van der Waals surface area contributed by atoms with Crippen LogP contribution in [0.15, 0.2) is 156 Å². The summed E-state index contributed by atoms with van der Waals surface area (Å²) in [5.41, 5.74) is 1.93. The molecule has 0 amide bonds. The van der Waals surface area contributed by atoms with Crippen molar-refractivity contribution in [2.75, 3.05) is 0 Å². The van der Waals surface area contributed by atoms with Crippen LogP contribution in [0.1, 0.15) is 11.1 Å². The minimum Gasteiger partial charge on any atom is -0.858 e. The molecule has 0 radical (unpaired) electrons. The minimum atomic E-state index is -2.64. The molecular formula is C33H25FNOP. The highest BCUT2D eigenvalue weighted by Gasteiger charge is 2.50. The van der Waals surface area contributed by atoms with E-state index in [2.05, 4.69) is 36.4 Å². The van der Waals surface area contributed by atoms with E-state index >= 15 is 0 Å². The molecule has 0 heterocycles. The summed E-state index contributed by atoms with van der Waals surface area (Å²) in [6.07, 6.45) is 1.93.